The molecule has 6 heteroatoms. The van der Waals surface area contributed by atoms with Crippen molar-refractivity contribution in [3.05, 3.63) is 23.3 Å². The zero-order chi connectivity index (χ0) is 20.8. The monoisotopic (exact) mass is 381 g/mol. The maximum Gasteiger partial charge on any atom is 0.338 e. The van der Waals surface area contributed by atoms with Gasteiger partial charge in [-0.25, -0.2) is 9.59 Å². The van der Waals surface area contributed by atoms with E-state index in [2.05, 4.69) is 6.92 Å². The molecule has 0 aliphatic rings. The van der Waals surface area contributed by atoms with E-state index < -0.39 is 11.9 Å². The smallest absolute Gasteiger partial charge is 0.338 e. The van der Waals surface area contributed by atoms with E-state index in [1.807, 2.05) is 6.92 Å². The molecule has 0 rings (SSSR count). The van der Waals surface area contributed by atoms with Crippen LogP contribution in [0.5, 0.6) is 0 Å². The van der Waals surface area contributed by atoms with Crippen molar-refractivity contribution in [3.63, 3.8) is 0 Å². The number of amides is 1. The van der Waals surface area contributed by atoms with Crippen LogP contribution in [-0.2, 0) is 23.9 Å². The molecule has 0 aromatic rings. The summed E-state index contributed by atoms with van der Waals surface area (Å²) in [5.74, 6) is -1.62. The first kappa shape index (κ1) is 24.9. The second-order valence-electron chi connectivity index (χ2n) is 6.58. The molecule has 0 aromatic carbocycles. The molecule has 154 valence electrons. The number of unbranched alkanes of at least 4 members (excludes halogenated alkanes) is 3. The Morgan fingerprint density at radius 3 is 2.00 bits per heavy atom. The van der Waals surface area contributed by atoms with E-state index in [0.717, 1.165) is 32.1 Å². The van der Waals surface area contributed by atoms with Crippen molar-refractivity contribution in [1.29, 1.82) is 0 Å². The van der Waals surface area contributed by atoms with Crippen LogP contribution in [-0.4, -0.2) is 50.1 Å². The van der Waals surface area contributed by atoms with Gasteiger partial charge in [0.2, 0.25) is 5.91 Å². The first-order valence-corrected chi connectivity index (χ1v) is 9.77. The van der Waals surface area contributed by atoms with Gasteiger partial charge in [-0.15, -0.1) is 0 Å². The van der Waals surface area contributed by atoms with Crippen molar-refractivity contribution in [2.75, 3.05) is 27.3 Å². The molecule has 0 aliphatic carbocycles. The molecule has 0 heterocycles. The lowest BCUT2D eigenvalue weighted by Gasteiger charge is -2.18. The minimum Gasteiger partial charge on any atom is -0.463 e. The average Bonchev–Trinajstić information content (AvgIpc) is 2.61. The number of carbonyl (C=O) groups excluding carboxylic acids is 3. The Hall–Kier alpha value is -2.11. The fraction of sp³-hybridized carbons (Fsp3) is 0.667. The van der Waals surface area contributed by atoms with Crippen molar-refractivity contribution in [1.82, 2.24) is 4.90 Å². The predicted molar refractivity (Wildman–Crippen MR) is 106 cm³/mol. The molecule has 0 radical (unpaired) electrons. The van der Waals surface area contributed by atoms with Crippen LogP contribution >= 0.6 is 0 Å². The lowest BCUT2D eigenvalue weighted by molar-refractivity contribution is -0.142. The standard InChI is InChI=1S/C21H35NO5/c1-7-10-11-12-13-16(4)19(21(25)27-9-3)17(20(24)26-8-2)14-15-18(23)22(5)6/h14-16H,7-13H2,1-6H3/b15-14+,19-17+/t16-/m1/s1. The Morgan fingerprint density at radius 2 is 1.48 bits per heavy atom. The van der Waals surface area contributed by atoms with Crippen LogP contribution in [0.4, 0.5) is 0 Å². The number of rotatable bonds is 12. The van der Waals surface area contributed by atoms with Gasteiger partial charge in [-0.1, -0.05) is 39.5 Å². The lowest BCUT2D eigenvalue weighted by atomic mass is 9.90. The zero-order valence-electron chi connectivity index (χ0n) is 17.7. The van der Waals surface area contributed by atoms with Gasteiger partial charge >= 0.3 is 11.9 Å². The second-order valence-corrected chi connectivity index (χ2v) is 6.58. The highest BCUT2D eigenvalue weighted by Crippen LogP contribution is 2.25. The number of nitrogens with zero attached hydrogens (tertiary/aromatic N) is 1. The third kappa shape index (κ3) is 9.40. The maximum atomic E-state index is 12.6. The van der Waals surface area contributed by atoms with E-state index in [0.29, 0.717) is 0 Å². The van der Waals surface area contributed by atoms with Crippen molar-refractivity contribution in [2.45, 2.75) is 59.8 Å². The Balaban J connectivity index is 5.90. The van der Waals surface area contributed by atoms with Crippen molar-refractivity contribution in [2.24, 2.45) is 5.92 Å². The molecule has 0 spiro atoms. The molecule has 0 fully saturated rings. The SMILES string of the molecule is CCCCCC[C@@H](C)/C(C(=O)OCC)=C(/C=C/C(=O)N(C)C)C(=O)OCC. The zero-order valence-corrected chi connectivity index (χ0v) is 17.7. The van der Waals surface area contributed by atoms with E-state index in [-0.39, 0.29) is 36.2 Å². The fourth-order valence-corrected chi connectivity index (χ4v) is 2.59. The van der Waals surface area contributed by atoms with Crippen LogP contribution in [0.2, 0.25) is 0 Å². The number of hydrogen-bond acceptors (Lipinski definition) is 5. The number of ether oxygens (including phenoxy) is 2. The molecule has 6 nitrogen and oxygen atoms in total. The van der Waals surface area contributed by atoms with Gasteiger partial charge in [0.1, 0.15) is 0 Å². The summed E-state index contributed by atoms with van der Waals surface area (Å²) in [6.45, 7) is 7.84. The highest BCUT2D eigenvalue weighted by Gasteiger charge is 2.26. The van der Waals surface area contributed by atoms with Crippen molar-refractivity contribution in [3.8, 4) is 0 Å². The molecule has 1 atom stereocenters. The van der Waals surface area contributed by atoms with Crippen LogP contribution in [0.25, 0.3) is 0 Å². The Labute approximate surface area is 163 Å². The quantitative estimate of drug-likeness (QED) is 0.223. The fourth-order valence-electron chi connectivity index (χ4n) is 2.59. The molecule has 0 aliphatic heterocycles. The topological polar surface area (TPSA) is 72.9 Å². The predicted octanol–water partition coefficient (Wildman–Crippen LogP) is 3.66. The maximum absolute atomic E-state index is 12.6. The molecular formula is C21H35NO5. The van der Waals surface area contributed by atoms with Crippen LogP contribution in [0.15, 0.2) is 23.3 Å². The summed E-state index contributed by atoms with van der Waals surface area (Å²) in [6.07, 6.45) is 7.68. The number of likely N-dealkylation sites (N-methyl/N-ethyl adjacent to an activating group) is 1. The van der Waals surface area contributed by atoms with Gasteiger partial charge in [0, 0.05) is 20.2 Å². The van der Waals surface area contributed by atoms with Gasteiger partial charge < -0.3 is 14.4 Å². The summed E-state index contributed by atoms with van der Waals surface area (Å²) in [5, 5.41) is 0. The van der Waals surface area contributed by atoms with Crippen LogP contribution < -0.4 is 0 Å². The van der Waals surface area contributed by atoms with Crippen LogP contribution in [0, 0.1) is 5.92 Å². The molecule has 0 bridgehead atoms. The molecule has 0 aromatic heterocycles. The molecule has 0 saturated heterocycles. The van der Waals surface area contributed by atoms with E-state index in [1.54, 1.807) is 27.9 Å². The summed E-state index contributed by atoms with van der Waals surface area (Å²) in [4.78, 5) is 38.4. The molecular weight excluding hydrogens is 346 g/mol. The summed E-state index contributed by atoms with van der Waals surface area (Å²) in [6, 6.07) is 0. The minimum atomic E-state index is -0.622. The first-order valence-electron chi connectivity index (χ1n) is 9.77. The van der Waals surface area contributed by atoms with Gasteiger partial charge in [-0.3, -0.25) is 4.79 Å². The Kier molecular flexibility index (Phi) is 12.9. The summed E-state index contributed by atoms with van der Waals surface area (Å²) < 4.78 is 10.3. The second kappa shape index (κ2) is 14.0. The normalized spacial score (nSPS) is 13.1. The average molecular weight is 382 g/mol. The van der Waals surface area contributed by atoms with Gasteiger partial charge in [-0.2, -0.15) is 0 Å². The van der Waals surface area contributed by atoms with Gasteiger partial charge in [0.25, 0.3) is 0 Å². The summed E-state index contributed by atoms with van der Waals surface area (Å²) in [5.41, 5.74) is 0.364. The van der Waals surface area contributed by atoms with Crippen molar-refractivity contribution < 1.29 is 23.9 Å². The number of hydrogen-bond donors (Lipinski definition) is 0. The highest BCUT2D eigenvalue weighted by molar-refractivity contribution is 6.03. The van der Waals surface area contributed by atoms with Gasteiger partial charge in [0.15, 0.2) is 0 Å². The van der Waals surface area contributed by atoms with Crippen molar-refractivity contribution >= 4 is 17.8 Å². The van der Waals surface area contributed by atoms with E-state index in [4.69, 9.17) is 9.47 Å². The Bertz CT molecular complexity index is 549. The Morgan fingerprint density at radius 1 is 0.889 bits per heavy atom. The lowest BCUT2D eigenvalue weighted by Crippen LogP contribution is -2.22. The van der Waals surface area contributed by atoms with E-state index >= 15 is 0 Å². The summed E-state index contributed by atoms with van der Waals surface area (Å²) >= 11 is 0. The largest absolute Gasteiger partial charge is 0.463 e. The minimum absolute atomic E-state index is 0.0912. The molecule has 0 N–H and O–H groups in total. The molecule has 0 saturated carbocycles. The number of carbonyl (C=O) groups is 3. The van der Waals surface area contributed by atoms with E-state index in [9.17, 15) is 14.4 Å². The van der Waals surface area contributed by atoms with Gasteiger partial charge in [-0.05, 0) is 32.3 Å². The number of esters is 2. The molecule has 1 amide bonds. The first-order chi connectivity index (χ1) is 12.8. The van der Waals surface area contributed by atoms with E-state index in [1.165, 1.54) is 17.1 Å². The van der Waals surface area contributed by atoms with Gasteiger partial charge in [0.05, 0.1) is 24.4 Å². The third-order valence-corrected chi connectivity index (χ3v) is 4.10. The molecule has 0 unspecified atom stereocenters. The van der Waals surface area contributed by atoms with Crippen LogP contribution in [0.3, 0.4) is 0 Å². The summed E-state index contributed by atoms with van der Waals surface area (Å²) in [7, 11) is 3.23. The third-order valence-electron chi connectivity index (χ3n) is 4.10. The van der Waals surface area contributed by atoms with Crippen LogP contribution in [0.1, 0.15) is 59.8 Å². The highest BCUT2D eigenvalue weighted by atomic mass is 16.5. The molecule has 27 heavy (non-hydrogen) atoms.